The Kier molecular flexibility index (Phi) is 5.37. The number of hydrogen-bond acceptors (Lipinski definition) is 3. The minimum Gasteiger partial charge on any atom is -0.308 e. The Balaban J connectivity index is 1.43. The van der Waals surface area contributed by atoms with Gasteiger partial charge in [-0.05, 0) is 36.4 Å². The molecule has 2 amide bonds. The lowest BCUT2D eigenvalue weighted by Crippen LogP contribution is -2.19. The van der Waals surface area contributed by atoms with E-state index >= 15 is 0 Å². The highest BCUT2D eigenvalue weighted by Gasteiger charge is 2.08. The molecule has 0 aliphatic carbocycles. The van der Waals surface area contributed by atoms with Gasteiger partial charge in [-0.25, -0.2) is 9.78 Å². The molecule has 1 heterocycles. The second kappa shape index (κ2) is 8.25. The average Bonchev–Trinajstić information content (AvgIpc) is 3.20. The molecule has 3 aromatic carbocycles. The first-order chi connectivity index (χ1) is 13.7. The van der Waals surface area contributed by atoms with Gasteiger partial charge in [-0.1, -0.05) is 54.1 Å². The monoisotopic (exact) mass is 405 g/mol. The molecule has 0 bridgehead atoms. The third-order valence-corrected chi connectivity index (χ3v) is 5.21. The highest BCUT2D eigenvalue weighted by molar-refractivity contribution is 7.13. The molecule has 0 aliphatic heterocycles. The topological polar surface area (TPSA) is 54.0 Å². The summed E-state index contributed by atoms with van der Waals surface area (Å²) in [7, 11) is 0. The molecule has 0 radical (unpaired) electrons. The molecule has 1 aromatic heterocycles. The molecule has 4 aromatic rings. The number of nitrogens with one attached hydrogen (secondary N) is 2. The molecular weight excluding hydrogens is 390 g/mol. The maximum atomic E-state index is 12.1. The maximum Gasteiger partial charge on any atom is 0.323 e. The summed E-state index contributed by atoms with van der Waals surface area (Å²) in [6.45, 7) is 0. The number of aromatic nitrogens is 1. The van der Waals surface area contributed by atoms with Crippen LogP contribution in [-0.2, 0) is 0 Å². The van der Waals surface area contributed by atoms with Crippen molar-refractivity contribution in [3.05, 3.63) is 89.3 Å². The molecule has 4 rings (SSSR count). The predicted octanol–water partition coefficient (Wildman–Crippen LogP) is 6.77. The van der Waals surface area contributed by atoms with Gasteiger partial charge in [0.15, 0.2) is 0 Å². The van der Waals surface area contributed by atoms with Crippen LogP contribution in [0.15, 0.2) is 84.2 Å². The van der Waals surface area contributed by atoms with Crippen molar-refractivity contribution < 1.29 is 4.79 Å². The summed E-state index contributed by atoms with van der Waals surface area (Å²) in [6, 6.07) is 24.3. The molecule has 2 N–H and O–H groups in total. The van der Waals surface area contributed by atoms with E-state index in [-0.39, 0.29) is 6.03 Å². The van der Waals surface area contributed by atoms with Crippen molar-refractivity contribution in [2.24, 2.45) is 0 Å². The molecular formula is C22H16ClN3OS. The number of rotatable bonds is 4. The van der Waals surface area contributed by atoms with Crippen LogP contribution >= 0.6 is 22.9 Å². The predicted molar refractivity (Wildman–Crippen MR) is 117 cm³/mol. The highest BCUT2D eigenvalue weighted by Crippen LogP contribution is 2.30. The van der Waals surface area contributed by atoms with E-state index < -0.39 is 0 Å². The van der Waals surface area contributed by atoms with Crippen molar-refractivity contribution in [1.82, 2.24) is 4.98 Å². The largest absolute Gasteiger partial charge is 0.323 e. The molecule has 138 valence electrons. The van der Waals surface area contributed by atoms with Crippen molar-refractivity contribution in [2.45, 2.75) is 0 Å². The second-order valence-electron chi connectivity index (χ2n) is 6.07. The van der Waals surface area contributed by atoms with Crippen LogP contribution in [0.2, 0.25) is 5.02 Å². The van der Waals surface area contributed by atoms with Gasteiger partial charge in [0.05, 0.1) is 5.69 Å². The third kappa shape index (κ3) is 4.39. The zero-order valence-corrected chi connectivity index (χ0v) is 16.3. The van der Waals surface area contributed by atoms with Crippen LogP contribution in [-0.4, -0.2) is 11.0 Å². The van der Waals surface area contributed by atoms with E-state index in [9.17, 15) is 4.79 Å². The van der Waals surface area contributed by atoms with Crippen LogP contribution in [0.4, 0.5) is 16.2 Å². The summed E-state index contributed by atoms with van der Waals surface area (Å²) >= 11 is 7.53. The average molecular weight is 406 g/mol. The number of amides is 2. The van der Waals surface area contributed by atoms with E-state index in [0.29, 0.717) is 10.7 Å². The van der Waals surface area contributed by atoms with Gasteiger partial charge in [0.2, 0.25) is 0 Å². The molecule has 4 nitrogen and oxygen atoms in total. The van der Waals surface area contributed by atoms with Crippen molar-refractivity contribution in [3.8, 4) is 21.8 Å². The zero-order chi connectivity index (χ0) is 19.3. The first-order valence-electron chi connectivity index (χ1n) is 8.62. The van der Waals surface area contributed by atoms with Crippen molar-refractivity contribution >= 4 is 40.3 Å². The van der Waals surface area contributed by atoms with Crippen LogP contribution in [0.25, 0.3) is 21.8 Å². The summed E-state index contributed by atoms with van der Waals surface area (Å²) < 4.78 is 0. The van der Waals surface area contributed by atoms with Gasteiger partial charge in [-0.15, -0.1) is 11.3 Å². The molecule has 0 fully saturated rings. The lowest BCUT2D eigenvalue weighted by molar-refractivity contribution is 0.262. The molecule has 0 saturated heterocycles. The van der Waals surface area contributed by atoms with E-state index in [2.05, 4.69) is 10.6 Å². The number of nitrogens with zero attached hydrogens (tertiary/aromatic N) is 1. The lowest BCUT2D eigenvalue weighted by atomic mass is 10.1. The Morgan fingerprint density at radius 2 is 1.39 bits per heavy atom. The van der Waals surface area contributed by atoms with Gasteiger partial charge >= 0.3 is 6.03 Å². The summed E-state index contributed by atoms with van der Waals surface area (Å²) in [5.41, 5.74) is 4.39. The summed E-state index contributed by atoms with van der Waals surface area (Å²) in [5.74, 6) is 0. The highest BCUT2D eigenvalue weighted by atomic mass is 35.5. The van der Waals surface area contributed by atoms with Gasteiger partial charge in [0.25, 0.3) is 0 Å². The van der Waals surface area contributed by atoms with Crippen LogP contribution in [0, 0.1) is 0 Å². The summed E-state index contributed by atoms with van der Waals surface area (Å²) in [4.78, 5) is 16.8. The quantitative estimate of drug-likeness (QED) is 0.393. The Hall–Kier alpha value is -3.15. The first kappa shape index (κ1) is 18.2. The number of halogens is 1. The molecule has 0 unspecified atom stereocenters. The molecule has 0 saturated carbocycles. The normalized spacial score (nSPS) is 10.5. The second-order valence-corrected chi connectivity index (χ2v) is 7.36. The first-order valence-corrected chi connectivity index (χ1v) is 9.88. The van der Waals surface area contributed by atoms with Gasteiger partial charge in [-0.3, -0.25) is 0 Å². The molecule has 6 heteroatoms. The van der Waals surface area contributed by atoms with Gasteiger partial charge in [0.1, 0.15) is 5.01 Å². The number of benzene rings is 3. The smallest absolute Gasteiger partial charge is 0.308 e. The Morgan fingerprint density at radius 1 is 0.786 bits per heavy atom. The van der Waals surface area contributed by atoms with E-state index in [1.807, 2.05) is 84.2 Å². The number of thiazole rings is 1. The van der Waals surface area contributed by atoms with Crippen molar-refractivity contribution in [3.63, 3.8) is 0 Å². The molecule has 0 aliphatic rings. The third-order valence-electron chi connectivity index (χ3n) is 4.07. The Labute approximate surface area is 171 Å². The van der Waals surface area contributed by atoms with Gasteiger partial charge < -0.3 is 10.6 Å². The number of hydrogen-bond donors (Lipinski definition) is 2. The van der Waals surface area contributed by atoms with Crippen LogP contribution in [0.3, 0.4) is 0 Å². The maximum absolute atomic E-state index is 12.1. The number of para-hydroxylation sites is 1. The Bertz CT molecular complexity index is 1080. The Morgan fingerprint density at radius 3 is 2.07 bits per heavy atom. The lowest BCUT2D eigenvalue weighted by Gasteiger charge is -2.08. The minimum atomic E-state index is -0.280. The number of anilines is 2. The fourth-order valence-electron chi connectivity index (χ4n) is 2.67. The SMILES string of the molecule is O=C(Nc1ccccc1)Nc1ccc(-c2csc(-c3ccc(Cl)cc3)n2)cc1. The minimum absolute atomic E-state index is 0.280. The van der Waals surface area contributed by atoms with Crippen LogP contribution in [0.1, 0.15) is 0 Å². The van der Waals surface area contributed by atoms with E-state index in [1.54, 1.807) is 11.3 Å². The van der Waals surface area contributed by atoms with Crippen LogP contribution < -0.4 is 10.6 Å². The fraction of sp³-hybridized carbons (Fsp3) is 0. The molecule has 28 heavy (non-hydrogen) atoms. The number of carbonyl (C=O) groups excluding carboxylic acids is 1. The number of urea groups is 1. The van der Waals surface area contributed by atoms with Gasteiger partial charge in [-0.2, -0.15) is 0 Å². The molecule has 0 spiro atoms. The van der Waals surface area contributed by atoms with Gasteiger partial charge in [0, 0.05) is 32.9 Å². The van der Waals surface area contributed by atoms with E-state index in [4.69, 9.17) is 16.6 Å². The van der Waals surface area contributed by atoms with Crippen LogP contribution in [0.5, 0.6) is 0 Å². The van der Waals surface area contributed by atoms with Crippen molar-refractivity contribution in [1.29, 1.82) is 0 Å². The van der Waals surface area contributed by atoms with Crippen molar-refractivity contribution in [2.75, 3.05) is 10.6 Å². The summed E-state index contributed by atoms with van der Waals surface area (Å²) in [5, 5.41) is 9.29. The number of carbonyl (C=O) groups is 1. The summed E-state index contributed by atoms with van der Waals surface area (Å²) in [6.07, 6.45) is 0. The zero-order valence-electron chi connectivity index (χ0n) is 14.7. The van der Waals surface area contributed by atoms with E-state index in [0.717, 1.165) is 27.5 Å². The fourth-order valence-corrected chi connectivity index (χ4v) is 3.63. The van der Waals surface area contributed by atoms with E-state index in [1.165, 1.54) is 0 Å². The standard InChI is InChI=1S/C22H16ClN3OS/c23-17-10-6-16(7-11-17)21-26-20(14-28-21)15-8-12-19(13-9-15)25-22(27)24-18-4-2-1-3-5-18/h1-14H,(H2,24,25,27). The molecule has 0 atom stereocenters.